The Morgan fingerprint density at radius 2 is 2.40 bits per heavy atom. The summed E-state index contributed by atoms with van der Waals surface area (Å²) in [4.78, 5) is 0. The molecule has 80 valence electrons. The highest BCUT2D eigenvalue weighted by Gasteiger charge is 2.04. The monoisotopic (exact) mass is 208 g/mol. The molecule has 7 nitrogen and oxygen atoms in total. The van der Waals surface area contributed by atoms with Gasteiger partial charge in [0.2, 0.25) is 0 Å². The number of methoxy groups -OCH3 is 1. The summed E-state index contributed by atoms with van der Waals surface area (Å²) < 4.78 is 6.39. The van der Waals surface area contributed by atoms with Crippen molar-refractivity contribution < 1.29 is 4.74 Å². The van der Waals surface area contributed by atoms with Crippen LogP contribution in [0.4, 0.5) is 5.82 Å². The molecule has 0 saturated heterocycles. The highest BCUT2D eigenvalue weighted by molar-refractivity contribution is 5.42. The van der Waals surface area contributed by atoms with Gasteiger partial charge in [0.05, 0.1) is 6.61 Å². The van der Waals surface area contributed by atoms with Gasteiger partial charge in [-0.3, -0.25) is 0 Å². The molecule has 7 heteroatoms. The Labute approximate surface area is 86.4 Å². The number of hydrogen-bond acceptors (Lipinski definition) is 6. The van der Waals surface area contributed by atoms with E-state index in [1.165, 1.54) is 4.63 Å². The van der Waals surface area contributed by atoms with E-state index in [1.54, 1.807) is 13.2 Å². The second-order valence-corrected chi connectivity index (χ2v) is 3.25. The minimum atomic E-state index is 0.191. The van der Waals surface area contributed by atoms with Crippen molar-refractivity contribution in [3.05, 3.63) is 12.1 Å². The van der Waals surface area contributed by atoms with Crippen LogP contribution in [0.3, 0.4) is 0 Å². The molecule has 0 saturated carbocycles. The van der Waals surface area contributed by atoms with Crippen molar-refractivity contribution in [2.45, 2.75) is 13.0 Å². The second kappa shape index (κ2) is 4.18. The van der Waals surface area contributed by atoms with Crippen LogP contribution in [0.25, 0.3) is 5.65 Å². The van der Waals surface area contributed by atoms with Gasteiger partial charge in [-0.05, 0) is 29.5 Å². The molecule has 0 amide bonds. The molecule has 0 aliphatic rings. The van der Waals surface area contributed by atoms with E-state index in [1.807, 2.05) is 13.0 Å². The summed E-state index contributed by atoms with van der Waals surface area (Å²) in [6.07, 6.45) is 0. The van der Waals surface area contributed by atoms with Gasteiger partial charge in [-0.25, -0.2) is 0 Å². The lowest BCUT2D eigenvalue weighted by Crippen LogP contribution is -2.21. The van der Waals surface area contributed by atoms with Crippen molar-refractivity contribution >= 4 is 11.5 Å². The second-order valence-electron chi connectivity index (χ2n) is 3.25. The Bertz CT molecular complexity index is 441. The van der Waals surface area contributed by atoms with E-state index < -0.39 is 0 Å². The maximum absolute atomic E-state index is 5.01. The largest absolute Gasteiger partial charge is 0.383 e. The molecule has 2 aromatic heterocycles. The quantitative estimate of drug-likeness (QED) is 0.760. The van der Waals surface area contributed by atoms with Crippen LogP contribution in [0.5, 0.6) is 0 Å². The van der Waals surface area contributed by atoms with Crippen molar-refractivity contribution in [1.29, 1.82) is 0 Å². The van der Waals surface area contributed by atoms with E-state index >= 15 is 0 Å². The summed E-state index contributed by atoms with van der Waals surface area (Å²) in [5.74, 6) is 0.722. The highest BCUT2D eigenvalue weighted by Crippen LogP contribution is 2.04. The lowest BCUT2D eigenvalue weighted by Gasteiger charge is -2.12. The maximum atomic E-state index is 5.01. The van der Waals surface area contributed by atoms with Crippen molar-refractivity contribution in [2.75, 3.05) is 19.0 Å². The standard InChI is InChI=1S/C8H12N6O/c1-6(5-15-2)9-7-3-4-8-10-12-13-14(8)11-7/h3-4,6H,5H2,1-2H3,(H,9,11)/t6-/m0/s1. The number of ether oxygens (including phenoxy) is 1. The van der Waals surface area contributed by atoms with Crippen LogP contribution < -0.4 is 5.32 Å². The fraction of sp³-hybridized carbons (Fsp3) is 0.500. The Morgan fingerprint density at radius 3 is 3.20 bits per heavy atom. The molecule has 0 unspecified atom stereocenters. The topological polar surface area (TPSA) is 77.2 Å². The zero-order valence-electron chi connectivity index (χ0n) is 8.58. The van der Waals surface area contributed by atoms with Gasteiger partial charge in [0.15, 0.2) is 5.65 Å². The molecule has 2 rings (SSSR count). The van der Waals surface area contributed by atoms with Crippen LogP contribution in [-0.4, -0.2) is 45.0 Å². The zero-order valence-corrected chi connectivity index (χ0v) is 8.58. The molecule has 1 atom stereocenters. The normalized spacial score (nSPS) is 12.9. The Balaban J connectivity index is 2.14. The number of nitrogens with one attached hydrogen (secondary N) is 1. The molecule has 0 aromatic carbocycles. The van der Waals surface area contributed by atoms with Crippen LogP contribution in [0.2, 0.25) is 0 Å². The third kappa shape index (κ3) is 2.18. The lowest BCUT2D eigenvalue weighted by atomic mass is 10.3. The molecule has 0 aliphatic heterocycles. The number of rotatable bonds is 4. The summed E-state index contributed by atoms with van der Waals surface area (Å²) in [7, 11) is 1.66. The molecule has 0 fully saturated rings. The predicted molar refractivity (Wildman–Crippen MR) is 53.5 cm³/mol. The third-order valence-electron chi connectivity index (χ3n) is 1.88. The number of anilines is 1. The maximum Gasteiger partial charge on any atom is 0.200 e. The summed E-state index contributed by atoms with van der Waals surface area (Å²) in [5.41, 5.74) is 0.625. The molecule has 0 radical (unpaired) electrons. The SMILES string of the molecule is COC[C@H](C)Nc1ccc2nnnn2n1. The first-order chi connectivity index (χ1) is 7.29. The fourth-order valence-electron chi connectivity index (χ4n) is 1.27. The van der Waals surface area contributed by atoms with Crippen LogP contribution >= 0.6 is 0 Å². The van der Waals surface area contributed by atoms with Gasteiger partial charge in [-0.1, -0.05) is 0 Å². The average Bonchev–Trinajstić information content (AvgIpc) is 2.65. The van der Waals surface area contributed by atoms with Crippen LogP contribution in [0.1, 0.15) is 6.92 Å². The van der Waals surface area contributed by atoms with E-state index in [0.717, 1.165) is 5.82 Å². The van der Waals surface area contributed by atoms with Gasteiger partial charge in [0, 0.05) is 13.2 Å². The van der Waals surface area contributed by atoms with Crippen molar-refractivity contribution in [3.63, 3.8) is 0 Å². The summed E-state index contributed by atoms with van der Waals surface area (Å²) in [5, 5.41) is 18.3. The van der Waals surface area contributed by atoms with Gasteiger partial charge in [-0.2, -0.15) is 0 Å². The first-order valence-electron chi connectivity index (χ1n) is 4.60. The van der Waals surface area contributed by atoms with Gasteiger partial charge < -0.3 is 10.1 Å². The van der Waals surface area contributed by atoms with E-state index in [9.17, 15) is 0 Å². The first-order valence-corrected chi connectivity index (χ1v) is 4.60. The minimum absolute atomic E-state index is 0.191. The Kier molecular flexibility index (Phi) is 2.72. The number of hydrogen-bond donors (Lipinski definition) is 1. The molecule has 0 aliphatic carbocycles. The van der Waals surface area contributed by atoms with Gasteiger partial charge in [-0.15, -0.1) is 14.8 Å². The highest BCUT2D eigenvalue weighted by atomic mass is 16.5. The molecule has 2 heterocycles. The molecule has 0 spiro atoms. The molecule has 0 bridgehead atoms. The van der Waals surface area contributed by atoms with Crippen molar-refractivity contribution in [3.8, 4) is 0 Å². The fourth-order valence-corrected chi connectivity index (χ4v) is 1.27. The molecular weight excluding hydrogens is 196 g/mol. The van der Waals surface area contributed by atoms with Crippen LogP contribution in [-0.2, 0) is 4.74 Å². The summed E-state index contributed by atoms with van der Waals surface area (Å²) >= 11 is 0. The molecule has 15 heavy (non-hydrogen) atoms. The van der Waals surface area contributed by atoms with Crippen molar-refractivity contribution in [1.82, 2.24) is 25.3 Å². The number of fused-ring (bicyclic) bond motifs is 1. The minimum Gasteiger partial charge on any atom is -0.383 e. The van der Waals surface area contributed by atoms with Crippen LogP contribution in [0.15, 0.2) is 12.1 Å². The van der Waals surface area contributed by atoms with E-state index in [0.29, 0.717) is 12.3 Å². The third-order valence-corrected chi connectivity index (χ3v) is 1.88. The first kappa shape index (κ1) is 9.78. The van der Waals surface area contributed by atoms with Gasteiger partial charge >= 0.3 is 0 Å². The zero-order chi connectivity index (χ0) is 10.7. The van der Waals surface area contributed by atoms with Gasteiger partial charge in [0.25, 0.3) is 0 Å². The summed E-state index contributed by atoms with van der Waals surface area (Å²) in [6, 6.07) is 3.82. The van der Waals surface area contributed by atoms with E-state index in [2.05, 4.69) is 25.9 Å². The lowest BCUT2D eigenvalue weighted by molar-refractivity contribution is 0.190. The molecule has 2 aromatic rings. The van der Waals surface area contributed by atoms with Crippen LogP contribution in [0, 0.1) is 0 Å². The predicted octanol–water partition coefficient (Wildman–Crippen LogP) is -0.0339. The smallest absolute Gasteiger partial charge is 0.200 e. The van der Waals surface area contributed by atoms with Gasteiger partial charge in [0.1, 0.15) is 5.82 Å². The molecule has 1 N–H and O–H groups in total. The Morgan fingerprint density at radius 1 is 1.53 bits per heavy atom. The number of nitrogens with zero attached hydrogens (tertiary/aromatic N) is 5. The summed E-state index contributed by atoms with van der Waals surface area (Å²) in [6.45, 7) is 2.63. The van der Waals surface area contributed by atoms with Crippen molar-refractivity contribution in [2.24, 2.45) is 0 Å². The number of tetrazole rings is 1. The molecular formula is C8H12N6O. The number of aromatic nitrogens is 5. The average molecular weight is 208 g/mol. The Hall–Kier alpha value is -1.76. The van der Waals surface area contributed by atoms with E-state index in [-0.39, 0.29) is 6.04 Å². The van der Waals surface area contributed by atoms with E-state index in [4.69, 9.17) is 4.74 Å².